The average molecular weight is 275 g/mol. The Morgan fingerprint density at radius 1 is 1.35 bits per heavy atom. The van der Waals surface area contributed by atoms with E-state index in [1.807, 2.05) is 20.9 Å². The molecule has 1 aromatic rings. The molecule has 1 N–H and O–H groups in total. The minimum absolute atomic E-state index is 0.0448. The zero-order valence-electron chi connectivity index (χ0n) is 12.9. The summed E-state index contributed by atoms with van der Waals surface area (Å²) in [4.78, 5) is 12.5. The maximum atomic E-state index is 12.5. The number of carbonyl (C=O) groups excluding carboxylic acids is 1. The number of nitrogens with one attached hydrogen (secondary N) is 1. The average Bonchev–Trinajstić information content (AvgIpc) is 3.05. The molecule has 1 aromatic heterocycles. The molecule has 1 heterocycles. The number of aryl methyl sites for hydroxylation is 2. The van der Waals surface area contributed by atoms with Crippen molar-refractivity contribution in [2.75, 3.05) is 0 Å². The van der Waals surface area contributed by atoms with E-state index in [1.165, 1.54) is 25.7 Å². The van der Waals surface area contributed by atoms with E-state index in [4.69, 9.17) is 0 Å². The van der Waals surface area contributed by atoms with Gasteiger partial charge < -0.3 is 5.32 Å². The lowest BCUT2D eigenvalue weighted by Crippen LogP contribution is -2.40. The van der Waals surface area contributed by atoms with Crippen LogP contribution in [0.25, 0.3) is 0 Å². The van der Waals surface area contributed by atoms with Crippen LogP contribution in [0.4, 0.5) is 0 Å². The van der Waals surface area contributed by atoms with Gasteiger partial charge in [0, 0.05) is 18.8 Å². The molecular weight excluding hydrogens is 250 g/mol. The van der Waals surface area contributed by atoms with Gasteiger partial charge in [-0.05, 0) is 57.8 Å². The maximum Gasteiger partial charge on any atom is 0.255 e. The normalized spacial score (nSPS) is 29.7. The first-order valence-electron chi connectivity index (χ1n) is 7.78. The molecule has 1 amide bonds. The van der Waals surface area contributed by atoms with Crippen molar-refractivity contribution in [3.63, 3.8) is 0 Å². The molecule has 2 bridgehead atoms. The number of rotatable bonds is 3. The van der Waals surface area contributed by atoms with Crippen LogP contribution in [0.3, 0.4) is 0 Å². The summed E-state index contributed by atoms with van der Waals surface area (Å²) >= 11 is 0. The number of hydrogen-bond donors (Lipinski definition) is 1. The third kappa shape index (κ3) is 2.15. The van der Waals surface area contributed by atoms with Crippen molar-refractivity contribution in [1.82, 2.24) is 15.1 Å². The van der Waals surface area contributed by atoms with Gasteiger partial charge in [0.2, 0.25) is 0 Å². The Balaban J connectivity index is 1.69. The first-order valence-corrected chi connectivity index (χ1v) is 7.78. The highest BCUT2D eigenvalue weighted by Crippen LogP contribution is 2.49. The summed E-state index contributed by atoms with van der Waals surface area (Å²) in [6.45, 7) is 6.03. The number of aromatic nitrogens is 2. The SMILES string of the molecule is Cc1nn(C)c(C)c1C(=O)NC(C)C1CC2CCC1C2. The van der Waals surface area contributed by atoms with E-state index in [-0.39, 0.29) is 11.9 Å². The Kier molecular flexibility index (Phi) is 3.35. The van der Waals surface area contributed by atoms with Crippen LogP contribution in [0.1, 0.15) is 54.4 Å². The second kappa shape index (κ2) is 4.90. The van der Waals surface area contributed by atoms with E-state index in [1.54, 1.807) is 4.68 Å². The Morgan fingerprint density at radius 2 is 2.10 bits per heavy atom. The van der Waals surface area contributed by atoms with Gasteiger partial charge >= 0.3 is 0 Å². The van der Waals surface area contributed by atoms with Crippen LogP contribution >= 0.6 is 0 Å². The predicted octanol–water partition coefficient (Wildman–Crippen LogP) is 2.59. The molecule has 2 saturated carbocycles. The third-order valence-corrected chi connectivity index (χ3v) is 5.53. The van der Waals surface area contributed by atoms with Crippen molar-refractivity contribution in [1.29, 1.82) is 0 Å². The molecule has 0 radical (unpaired) electrons. The molecule has 4 atom stereocenters. The quantitative estimate of drug-likeness (QED) is 0.921. The third-order valence-electron chi connectivity index (χ3n) is 5.53. The molecule has 0 aliphatic heterocycles. The molecule has 4 unspecified atom stereocenters. The van der Waals surface area contributed by atoms with Gasteiger partial charge in [-0.1, -0.05) is 6.42 Å². The van der Waals surface area contributed by atoms with Gasteiger partial charge in [-0.25, -0.2) is 0 Å². The van der Waals surface area contributed by atoms with E-state index < -0.39 is 0 Å². The molecule has 3 rings (SSSR count). The maximum absolute atomic E-state index is 12.5. The highest BCUT2D eigenvalue weighted by molar-refractivity contribution is 5.96. The number of amides is 1. The molecule has 2 aliphatic rings. The number of nitrogens with zero attached hydrogens (tertiary/aromatic N) is 2. The lowest BCUT2D eigenvalue weighted by molar-refractivity contribution is 0.0914. The first-order chi connectivity index (χ1) is 9.47. The fourth-order valence-corrected chi connectivity index (χ4v) is 4.39. The van der Waals surface area contributed by atoms with Gasteiger partial charge in [-0.2, -0.15) is 5.10 Å². The molecule has 4 heteroatoms. The van der Waals surface area contributed by atoms with Crippen LogP contribution in [0.15, 0.2) is 0 Å². The summed E-state index contributed by atoms with van der Waals surface area (Å²) < 4.78 is 1.78. The summed E-state index contributed by atoms with van der Waals surface area (Å²) in [5, 5.41) is 7.56. The molecule has 2 aliphatic carbocycles. The van der Waals surface area contributed by atoms with Crippen LogP contribution < -0.4 is 5.32 Å². The monoisotopic (exact) mass is 275 g/mol. The van der Waals surface area contributed by atoms with E-state index in [2.05, 4.69) is 17.3 Å². The predicted molar refractivity (Wildman–Crippen MR) is 78.5 cm³/mol. The van der Waals surface area contributed by atoms with Gasteiger partial charge in [0.05, 0.1) is 11.3 Å². The van der Waals surface area contributed by atoms with E-state index in [0.29, 0.717) is 5.92 Å². The Labute approximate surface area is 120 Å². The minimum Gasteiger partial charge on any atom is -0.349 e. The van der Waals surface area contributed by atoms with Crippen LogP contribution in [-0.4, -0.2) is 21.7 Å². The lowest BCUT2D eigenvalue weighted by Gasteiger charge is -2.28. The summed E-state index contributed by atoms with van der Waals surface area (Å²) in [6.07, 6.45) is 5.45. The van der Waals surface area contributed by atoms with E-state index >= 15 is 0 Å². The fraction of sp³-hybridized carbons (Fsp3) is 0.750. The minimum atomic E-state index is 0.0448. The summed E-state index contributed by atoms with van der Waals surface area (Å²) in [5.41, 5.74) is 2.52. The van der Waals surface area contributed by atoms with Gasteiger partial charge in [0.15, 0.2) is 0 Å². The Hall–Kier alpha value is -1.32. The Morgan fingerprint density at radius 3 is 2.60 bits per heavy atom. The molecule has 20 heavy (non-hydrogen) atoms. The zero-order chi connectivity index (χ0) is 14.4. The van der Waals surface area contributed by atoms with Crippen LogP contribution in [0, 0.1) is 31.6 Å². The second-order valence-electron chi connectivity index (χ2n) is 6.77. The highest BCUT2D eigenvalue weighted by atomic mass is 16.1. The smallest absolute Gasteiger partial charge is 0.255 e. The van der Waals surface area contributed by atoms with E-state index in [0.717, 1.165) is 28.8 Å². The summed E-state index contributed by atoms with van der Waals surface area (Å²) in [5.74, 6) is 2.48. The number of hydrogen-bond acceptors (Lipinski definition) is 2. The van der Waals surface area contributed by atoms with Gasteiger partial charge in [0.1, 0.15) is 0 Å². The van der Waals surface area contributed by atoms with Crippen molar-refractivity contribution in [2.45, 2.75) is 52.5 Å². The van der Waals surface area contributed by atoms with Gasteiger partial charge in [-0.15, -0.1) is 0 Å². The molecule has 0 spiro atoms. The van der Waals surface area contributed by atoms with Crippen LogP contribution in [0.5, 0.6) is 0 Å². The van der Waals surface area contributed by atoms with Crippen LogP contribution in [0.2, 0.25) is 0 Å². The first kappa shape index (κ1) is 13.7. The molecular formula is C16H25N3O. The largest absolute Gasteiger partial charge is 0.349 e. The number of carbonyl (C=O) groups is 1. The molecule has 2 fully saturated rings. The summed E-state index contributed by atoms with van der Waals surface area (Å²) in [7, 11) is 1.89. The molecule has 110 valence electrons. The Bertz CT molecular complexity index is 534. The molecule has 0 saturated heterocycles. The van der Waals surface area contributed by atoms with Crippen molar-refractivity contribution >= 4 is 5.91 Å². The molecule has 0 aromatic carbocycles. The van der Waals surface area contributed by atoms with E-state index in [9.17, 15) is 4.79 Å². The van der Waals surface area contributed by atoms with Crippen molar-refractivity contribution in [3.8, 4) is 0 Å². The summed E-state index contributed by atoms with van der Waals surface area (Å²) in [6, 6.07) is 0.275. The van der Waals surface area contributed by atoms with Crippen LogP contribution in [-0.2, 0) is 7.05 Å². The lowest BCUT2D eigenvalue weighted by atomic mass is 9.84. The second-order valence-corrected chi connectivity index (χ2v) is 6.77. The van der Waals surface area contributed by atoms with Crippen molar-refractivity contribution < 1.29 is 4.79 Å². The van der Waals surface area contributed by atoms with Gasteiger partial charge in [-0.3, -0.25) is 9.48 Å². The fourth-order valence-electron chi connectivity index (χ4n) is 4.39. The number of fused-ring (bicyclic) bond motifs is 2. The topological polar surface area (TPSA) is 46.9 Å². The standard InChI is InChI=1S/C16H25N3O/c1-9(14-8-12-5-6-13(14)7-12)17-16(20)15-10(2)18-19(4)11(15)3/h9,12-14H,5-8H2,1-4H3,(H,17,20). The highest BCUT2D eigenvalue weighted by Gasteiger charge is 2.42. The van der Waals surface area contributed by atoms with Crippen molar-refractivity contribution in [3.05, 3.63) is 17.0 Å². The van der Waals surface area contributed by atoms with Crippen molar-refractivity contribution in [2.24, 2.45) is 24.8 Å². The zero-order valence-corrected chi connectivity index (χ0v) is 12.9. The molecule has 4 nitrogen and oxygen atoms in total. The van der Waals surface area contributed by atoms with Gasteiger partial charge in [0.25, 0.3) is 5.91 Å².